The fourth-order valence-electron chi connectivity index (χ4n) is 2.35. The number of halogens is 2. The first-order chi connectivity index (χ1) is 8.22. The fourth-order valence-corrected chi connectivity index (χ4v) is 3.00. The van der Waals surface area contributed by atoms with Crippen molar-refractivity contribution in [1.82, 2.24) is 4.90 Å². The number of hydrogen-bond donors (Lipinski definition) is 0. The molecule has 0 saturated carbocycles. The van der Waals surface area contributed by atoms with Crippen molar-refractivity contribution in [2.75, 3.05) is 13.1 Å². The summed E-state index contributed by atoms with van der Waals surface area (Å²) < 4.78 is 0.945. The molecule has 0 aromatic heterocycles. The summed E-state index contributed by atoms with van der Waals surface area (Å²) in [5.41, 5.74) is 1.28. The van der Waals surface area contributed by atoms with Crippen LogP contribution in [0.1, 0.15) is 5.56 Å². The summed E-state index contributed by atoms with van der Waals surface area (Å²) >= 11 is 9.32. The van der Waals surface area contributed by atoms with Gasteiger partial charge < -0.3 is 4.84 Å². The maximum absolute atomic E-state index is 5.87. The number of likely N-dealkylation sites (tertiary alicyclic amines) is 1. The SMILES string of the molecule is Clc1ccc(CN2CC3ON=C(Br)C3C2)cc1. The van der Waals surface area contributed by atoms with Crippen LogP contribution >= 0.6 is 27.5 Å². The van der Waals surface area contributed by atoms with Crippen molar-refractivity contribution >= 4 is 32.2 Å². The highest BCUT2D eigenvalue weighted by Gasteiger charge is 2.41. The lowest BCUT2D eigenvalue weighted by Crippen LogP contribution is -2.22. The van der Waals surface area contributed by atoms with Crippen LogP contribution in [0.25, 0.3) is 0 Å². The maximum Gasteiger partial charge on any atom is 0.150 e. The Morgan fingerprint density at radius 1 is 1.35 bits per heavy atom. The average molecular weight is 316 g/mol. The summed E-state index contributed by atoms with van der Waals surface area (Å²) in [5.74, 6) is 0.405. The molecule has 0 aliphatic carbocycles. The summed E-state index contributed by atoms with van der Waals surface area (Å²) in [6.07, 6.45) is 0.219. The molecule has 5 heteroatoms. The molecule has 0 bridgehead atoms. The first kappa shape index (κ1) is 11.5. The minimum Gasteiger partial charge on any atom is -0.390 e. The lowest BCUT2D eigenvalue weighted by molar-refractivity contribution is 0.0745. The Morgan fingerprint density at radius 3 is 2.82 bits per heavy atom. The molecule has 90 valence electrons. The molecule has 3 rings (SSSR count). The van der Waals surface area contributed by atoms with Crippen LogP contribution in [0.3, 0.4) is 0 Å². The van der Waals surface area contributed by atoms with Crippen LogP contribution in [-0.2, 0) is 11.4 Å². The summed E-state index contributed by atoms with van der Waals surface area (Å²) in [7, 11) is 0. The van der Waals surface area contributed by atoms with E-state index < -0.39 is 0 Å². The third-order valence-corrected chi connectivity index (χ3v) is 4.23. The zero-order valence-corrected chi connectivity index (χ0v) is 11.5. The van der Waals surface area contributed by atoms with E-state index in [2.05, 4.69) is 38.1 Å². The van der Waals surface area contributed by atoms with Gasteiger partial charge in [-0.2, -0.15) is 0 Å². The molecular formula is C12H12BrClN2O. The molecule has 0 spiro atoms. The molecule has 1 aromatic carbocycles. The second kappa shape index (κ2) is 4.59. The van der Waals surface area contributed by atoms with Crippen LogP contribution in [-0.4, -0.2) is 28.7 Å². The topological polar surface area (TPSA) is 24.8 Å². The molecule has 2 aliphatic rings. The molecule has 0 amide bonds. The number of benzene rings is 1. The van der Waals surface area contributed by atoms with Crippen LogP contribution in [0.4, 0.5) is 0 Å². The monoisotopic (exact) mass is 314 g/mol. The normalized spacial score (nSPS) is 27.8. The van der Waals surface area contributed by atoms with Gasteiger partial charge in [-0.05, 0) is 33.6 Å². The molecular weight excluding hydrogens is 304 g/mol. The van der Waals surface area contributed by atoms with E-state index in [0.717, 1.165) is 29.3 Å². The molecule has 17 heavy (non-hydrogen) atoms. The Hall–Kier alpha value is -0.580. The van der Waals surface area contributed by atoms with E-state index in [1.165, 1.54) is 5.56 Å². The largest absolute Gasteiger partial charge is 0.390 e. The zero-order chi connectivity index (χ0) is 11.8. The van der Waals surface area contributed by atoms with Crippen LogP contribution in [0, 0.1) is 5.92 Å². The van der Waals surface area contributed by atoms with Gasteiger partial charge in [0.2, 0.25) is 0 Å². The third-order valence-electron chi connectivity index (χ3n) is 3.24. The van der Waals surface area contributed by atoms with Crippen molar-refractivity contribution in [3.8, 4) is 0 Å². The number of hydrogen-bond acceptors (Lipinski definition) is 3. The van der Waals surface area contributed by atoms with Gasteiger partial charge in [-0.3, -0.25) is 4.90 Å². The number of fused-ring (bicyclic) bond motifs is 1. The summed E-state index contributed by atoms with van der Waals surface area (Å²) in [4.78, 5) is 7.74. The summed E-state index contributed by atoms with van der Waals surface area (Å²) in [6, 6.07) is 8.00. The van der Waals surface area contributed by atoms with E-state index in [0.29, 0.717) is 5.92 Å². The van der Waals surface area contributed by atoms with Gasteiger partial charge in [-0.15, -0.1) is 0 Å². The van der Waals surface area contributed by atoms with Crippen LogP contribution in [0.5, 0.6) is 0 Å². The lowest BCUT2D eigenvalue weighted by atomic mass is 10.1. The quantitative estimate of drug-likeness (QED) is 0.838. The van der Waals surface area contributed by atoms with Gasteiger partial charge in [-0.1, -0.05) is 28.9 Å². The Morgan fingerprint density at radius 2 is 2.12 bits per heavy atom. The Labute approximate surface area is 114 Å². The molecule has 2 unspecified atom stereocenters. The van der Waals surface area contributed by atoms with Gasteiger partial charge >= 0.3 is 0 Å². The van der Waals surface area contributed by atoms with Gasteiger partial charge in [0.1, 0.15) is 10.7 Å². The van der Waals surface area contributed by atoms with Crippen molar-refractivity contribution in [3.63, 3.8) is 0 Å². The first-order valence-corrected chi connectivity index (χ1v) is 6.75. The van der Waals surface area contributed by atoms with Gasteiger partial charge in [0.15, 0.2) is 0 Å². The van der Waals surface area contributed by atoms with E-state index in [4.69, 9.17) is 16.4 Å². The van der Waals surface area contributed by atoms with E-state index in [9.17, 15) is 0 Å². The highest BCUT2D eigenvalue weighted by molar-refractivity contribution is 9.18. The van der Waals surface area contributed by atoms with Crippen molar-refractivity contribution in [3.05, 3.63) is 34.9 Å². The number of rotatable bonds is 2. The molecule has 2 heterocycles. The molecule has 0 radical (unpaired) electrons. The minimum absolute atomic E-state index is 0.219. The van der Waals surface area contributed by atoms with E-state index in [-0.39, 0.29) is 6.10 Å². The third kappa shape index (κ3) is 2.34. The predicted molar refractivity (Wildman–Crippen MR) is 71.5 cm³/mol. The molecule has 2 aliphatic heterocycles. The maximum atomic E-state index is 5.87. The standard InChI is InChI=1S/C12H12BrClN2O/c13-12-10-6-16(7-11(10)17-15-12)5-8-1-3-9(14)4-2-8/h1-4,10-11H,5-7H2. The molecule has 1 saturated heterocycles. The van der Waals surface area contributed by atoms with Crippen molar-refractivity contribution < 1.29 is 4.84 Å². The van der Waals surface area contributed by atoms with Gasteiger partial charge in [0.25, 0.3) is 0 Å². The van der Waals surface area contributed by atoms with Gasteiger partial charge in [-0.25, -0.2) is 0 Å². The van der Waals surface area contributed by atoms with Crippen molar-refractivity contribution in [1.29, 1.82) is 0 Å². The molecule has 3 nitrogen and oxygen atoms in total. The second-order valence-corrected chi connectivity index (χ2v) is 5.73. The highest BCUT2D eigenvalue weighted by Crippen LogP contribution is 2.30. The predicted octanol–water partition coefficient (Wildman–Crippen LogP) is 2.88. The van der Waals surface area contributed by atoms with Crippen molar-refractivity contribution in [2.24, 2.45) is 11.1 Å². The van der Waals surface area contributed by atoms with Gasteiger partial charge in [0, 0.05) is 24.7 Å². The highest BCUT2D eigenvalue weighted by atomic mass is 79.9. The van der Waals surface area contributed by atoms with Crippen LogP contribution in [0.15, 0.2) is 29.4 Å². The van der Waals surface area contributed by atoms with Crippen LogP contribution < -0.4 is 0 Å². The minimum atomic E-state index is 0.219. The molecule has 2 atom stereocenters. The average Bonchev–Trinajstić information content (AvgIpc) is 2.85. The molecule has 1 aromatic rings. The van der Waals surface area contributed by atoms with Crippen LogP contribution in [0.2, 0.25) is 5.02 Å². The Kier molecular flexibility index (Phi) is 3.11. The smallest absolute Gasteiger partial charge is 0.150 e. The fraction of sp³-hybridized carbons (Fsp3) is 0.417. The van der Waals surface area contributed by atoms with Crippen molar-refractivity contribution in [2.45, 2.75) is 12.6 Å². The molecule has 1 fully saturated rings. The second-order valence-electron chi connectivity index (χ2n) is 4.48. The zero-order valence-electron chi connectivity index (χ0n) is 9.14. The molecule has 0 N–H and O–H groups in total. The number of nitrogens with zero attached hydrogens (tertiary/aromatic N) is 2. The Bertz CT molecular complexity index is 448. The first-order valence-electron chi connectivity index (χ1n) is 5.58. The summed E-state index contributed by atoms with van der Waals surface area (Å²) in [6.45, 7) is 2.87. The van der Waals surface area contributed by atoms with Gasteiger partial charge in [0.05, 0.1) is 5.92 Å². The Balaban J connectivity index is 1.64. The lowest BCUT2D eigenvalue weighted by Gasteiger charge is -2.15. The number of oxime groups is 1. The van der Waals surface area contributed by atoms with E-state index >= 15 is 0 Å². The summed E-state index contributed by atoms with van der Waals surface area (Å²) in [5, 5.41) is 4.75. The van der Waals surface area contributed by atoms with E-state index in [1.807, 2.05) is 12.1 Å². The van der Waals surface area contributed by atoms with E-state index in [1.54, 1.807) is 0 Å².